The van der Waals surface area contributed by atoms with Gasteiger partial charge < -0.3 is 0 Å². The van der Waals surface area contributed by atoms with Crippen LogP contribution in [0.4, 0.5) is 0 Å². The van der Waals surface area contributed by atoms with Crippen LogP contribution in [0.2, 0.25) is 6.82 Å². The summed E-state index contributed by atoms with van der Waals surface area (Å²) in [4.78, 5) is 0. The average molecular weight is 286 g/mol. The molecule has 0 aromatic heterocycles. The van der Waals surface area contributed by atoms with Crippen molar-refractivity contribution in [2.24, 2.45) is 0 Å². The summed E-state index contributed by atoms with van der Waals surface area (Å²) in [5.41, 5.74) is 7.16. The number of hydrogen-bond donors (Lipinski definition) is 0. The summed E-state index contributed by atoms with van der Waals surface area (Å²) in [6.45, 7) is 9.56. The fourth-order valence-corrected chi connectivity index (χ4v) is 3.87. The molecule has 0 bridgehead atoms. The molecule has 110 valence electrons. The van der Waals surface area contributed by atoms with Crippen molar-refractivity contribution in [2.75, 3.05) is 0 Å². The summed E-state index contributed by atoms with van der Waals surface area (Å²) in [6.07, 6.45) is 1.09. The molecule has 0 saturated heterocycles. The number of fused-ring (bicyclic) bond motifs is 1. The van der Waals surface area contributed by atoms with E-state index in [0.29, 0.717) is 6.71 Å². The fraction of sp³-hybridized carbons (Fsp3) is 0.238. The Morgan fingerprint density at radius 2 is 1.45 bits per heavy atom. The molecule has 0 aliphatic heterocycles. The van der Waals surface area contributed by atoms with Gasteiger partial charge in [-0.15, -0.1) is 0 Å². The highest BCUT2D eigenvalue weighted by Crippen LogP contribution is 2.20. The van der Waals surface area contributed by atoms with Crippen molar-refractivity contribution in [3.63, 3.8) is 0 Å². The Morgan fingerprint density at radius 1 is 0.818 bits per heavy atom. The van der Waals surface area contributed by atoms with Gasteiger partial charge >= 0.3 is 0 Å². The minimum Gasteiger partial charge on any atom is -0.0814 e. The van der Waals surface area contributed by atoms with Crippen molar-refractivity contribution >= 4 is 22.9 Å². The summed E-state index contributed by atoms with van der Waals surface area (Å²) in [5, 5.41) is 2.73. The van der Waals surface area contributed by atoms with E-state index in [4.69, 9.17) is 0 Å². The second kappa shape index (κ2) is 6.00. The minimum absolute atomic E-state index is 0.534. The number of aryl methyl sites for hydroxylation is 3. The number of benzene rings is 3. The highest BCUT2D eigenvalue weighted by atomic mass is 14.1. The van der Waals surface area contributed by atoms with Crippen LogP contribution in [0.25, 0.3) is 10.8 Å². The molecule has 0 unspecified atom stereocenters. The quantitative estimate of drug-likeness (QED) is 0.602. The van der Waals surface area contributed by atoms with E-state index in [9.17, 15) is 0 Å². The Kier molecular flexibility index (Phi) is 4.07. The van der Waals surface area contributed by atoms with Crippen LogP contribution in [0, 0.1) is 20.8 Å². The normalized spacial score (nSPS) is 10.9. The molecule has 1 heteroatoms. The van der Waals surface area contributed by atoms with Crippen molar-refractivity contribution in [1.82, 2.24) is 0 Å². The first-order valence-electron chi connectivity index (χ1n) is 8.10. The summed E-state index contributed by atoms with van der Waals surface area (Å²) < 4.78 is 0. The molecular formula is C21H23B. The van der Waals surface area contributed by atoms with E-state index < -0.39 is 0 Å². The molecule has 0 spiro atoms. The predicted octanol–water partition coefficient (Wildman–Crippen LogP) is 4.88. The largest absolute Gasteiger partial charge is 0.177 e. The lowest BCUT2D eigenvalue weighted by Gasteiger charge is -2.17. The minimum atomic E-state index is 0.534. The molecule has 22 heavy (non-hydrogen) atoms. The summed E-state index contributed by atoms with van der Waals surface area (Å²) in [7, 11) is 0. The average Bonchev–Trinajstić information content (AvgIpc) is 2.46. The zero-order valence-corrected chi connectivity index (χ0v) is 14.0. The van der Waals surface area contributed by atoms with Gasteiger partial charge in [0.1, 0.15) is 0 Å². The Hall–Kier alpha value is -2.02. The van der Waals surface area contributed by atoms with Crippen molar-refractivity contribution in [2.45, 2.75) is 33.9 Å². The monoisotopic (exact) mass is 286 g/mol. The first-order valence-corrected chi connectivity index (χ1v) is 8.10. The van der Waals surface area contributed by atoms with Crippen molar-refractivity contribution in [1.29, 1.82) is 0 Å². The Balaban J connectivity index is 1.99. The maximum absolute atomic E-state index is 2.35. The number of hydrogen-bond acceptors (Lipinski definition) is 0. The SMILES string of the molecule is CB(Cc1cccc2ccccc12)c1c(C)cc(C)cc1C. The Labute approximate surface area is 134 Å². The third-order valence-corrected chi connectivity index (χ3v) is 4.64. The second-order valence-electron chi connectivity index (χ2n) is 6.56. The molecule has 0 aliphatic rings. The first kappa shape index (κ1) is 14.9. The van der Waals surface area contributed by atoms with E-state index in [-0.39, 0.29) is 0 Å². The van der Waals surface area contributed by atoms with Gasteiger partial charge in [0, 0.05) is 0 Å². The molecule has 0 fully saturated rings. The molecule has 3 rings (SSSR count). The highest BCUT2D eigenvalue weighted by molar-refractivity contribution is 6.72. The maximum Gasteiger partial charge on any atom is 0.177 e. The summed E-state index contributed by atoms with van der Waals surface area (Å²) in [6, 6.07) is 20.0. The van der Waals surface area contributed by atoms with Crippen LogP contribution in [0.5, 0.6) is 0 Å². The standard InChI is InChI=1S/C21H23B/c1-15-12-16(2)21(17(3)13-15)22(4)14-19-10-7-9-18-8-5-6-11-20(18)19/h5-13H,14H2,1-4H3. The summed E-state index contributed by atoms with van der Waals surface area (Å²) in [5.74, 6) is 0. The first-order chi connectivity index (χ1) is 10.6. The molecule has 3 aromatic carbocycles. The fourth-order valence-electron chi connectivity index (χ4n) is 3.87. The number of rotatable bonds is 3. The van der Waals surface area contributed by atoms with Gasteiger partial charge in [0.2, 0.25) is 0 Å². The lowest BCUT2D eigenvalue weighted by molar-refractivity contribution is 1.33. The van der Waals surface area contributed by atoms with Gasteiger partial charge in [-0.3, -0.25) is 0 Å². The molecule has 0 N–H and O–H groups in total. The maximum atomic E-state index is 2.35. The molecule has 0 saturated carbocycles. The molecule has 0 heterocycles. The van der Waals surface area contributed by atoms with Crippen molar-refractivity contribution in [3.05, 3.63) is 76.9 Å². The van der Waals surface area contributed by atoms with E-state index in [1.54, 1.807) is 0 Å². The van der Waals surface area contributed by atoms with Gasteiger partial charge in [-0.2, -0.15) is 0 Å². The van der Waals surface area contributed by atoms with Crippen molar-refractivity contribution in [3.8, 4) is 0 Å². The topological polar surface area (TPSA) is 0 Å². The van der Waals surface area contributed by atoms with Crippen LogP contribution in [-0.2, 0) is 6.32 Å². The molecule has 0 radical (unpaired) electrons. The van der Waals surface area contributed by atoms with E-state index >= 15 is 0 Å². The highest BCUT2D eigenvalue weighted by Gasteiger charge is 2.17. The zero-order chi connectivity index (χ0) is 15.7. The van der Waals surface area contributed by atoms with Crippen LogP contribution >= 0.6 is 0 Å². The summed E-state index contributed by atoms with van der Waals surface area (Å²) >= 11 is 0. The second-order valence-corrected chi connectivity index (χ2v) is 6.56. The van der Waals surface area contributed by atoms with Gasteiger partial charge in [-0.05, 0) is 43.4 Å². The van der Waals surface area contributed by atoms with Crippen molar-refractivity contribution < 1.29 is 0 Å². The van der Waals surface area contributed by atoms with Gasteiger partial charge in [0.05, 0.1) is 0 Å². The van der Waals surface area contributed by atoms with E-state index in [1.807, 2.05) is 0 Å². The molecular weight excluding hydrogens is 263 g/mol. The van der Waals surface area contributed by atoms with Crippen LogP contribution in [0.1, 0.15) is 22.3 Å². The van der Waals surface area contributed by atoms with E-state index in [1.165, 1.54) is 38.5 Å². The molecule has 0 amide bonds. The van der Waals surface area contributed by atoms with E-state index in [0.717, 1.165) is 6.32 Å². The van der Waals surface area contributed by atoms with Gasteiger partial charge in [0.15, 0.2) is 6.71 Å². The Morgan fingerprint density at radius 3 is 2.18 bits per heavy atom. The smallest absolute Gasteiger partial charge is 0.0814 e. The predicted molar refractivity (Wildman–Crippen MR) is 99.6 cm³/mol. The van der Waals surface area contributed by atoms with Crippen LogP contribution in [-0.4, -0.2) is 6.71 Å². The van der Waals surface area contributed by atoms with E-state index in [2.05, 4.69) is 82.2 Å². The lowest BCUT2D eigenvalue weighted by atomic mass is 9.42. The zero-order valence-electron chi connectivity index (χ0n) is 14.0. The van der Waals surface area contributed by atoms with Gasteiger partial charge in [-0.1, -0.05) is 83.6 Å². The van der Waals surface area contributed by atoms with Crippen LogP contribution in [0.3, 0.4) is 0 Å². The molecule has 0 nitrogen and oxygen atoms in total. The van der Waals surface area contributed by atoms with Crippen LogP contribution < -0.4 is 5.46 Å². The van der Waals surface area contributed by atoms with Crippen LogP contribution in [0.15, 0.2) is 54.6 Å². The van der Waals surface area contributed by atoms with Gasteiger partial charge in [-0.25, -0.2) is 0 Å². The Bertz CT molecular complexity index is 789. The molecule has 3 aromatic rings. The molecule has 0 atom stereocenters. The molecule has 0 aliphatic carbocycles. The third-order valence-electron chi connectivity index (χ3n) is 4.64. The lowest BCUT2D eigenvalue weighted by Crippen LogP contribution is -2.34. The third kappa shape index (κ3) is 2.81. The van der Waals surface area contributed by atoms with Gasteiger partial charge in [0.25, 0.3) is 0 Å².